The zero-order valence-corrected chi connectivity index (χ0v) is 54.1. The standard InChI is InChI=1S/C74H141NO5/c1-3-5-7-9-11-13-15-17-18-40-43-46-50-54-58-62-66-72(77)71(70-76)75-73(78)67-63-59-55-51-47-44-41-38-36-34-32-30-28-26-24-22-20-19-21-23-25-27-29-31-33-35-37-39-42-45-49-53-57-61-65-69-80-74(79)68-64-60-56-52-48-16-14-12-10-8-6-4-2/h12,14,21,23,27,29,71-72,76-77H,3-11,13,15-20,22,24-26,28,30-70H2,1-2H3,(H,75,78)/b14-12-,23-21-,29-27-. The lowest BCUT2D eigenvalue weighted by Gasteiger charge is -2.22. The number of carbonyl (C=O) groups excluding carboxylic acids is 2. The number of aliphatic hydroxyl groups is 2. The van der Waals surface area contributed by atoms with Gasteiger partial charge in [-0.2, -0.15) is 0 Å². The topological polar surface area (TPSA) is 95.9 Å². The number of aliphatic hydroxyl groups excluding tert-OH is 2. The SMILES string of the molecule is CCCCC/C=C\CCCCCCCC(=O)OCCCCCCCCCCCCC/C=C\C/C=C\CCCCCCCCCCCCCCCCCCCC(=O)NC(CO)C(O)CCCCCCCCCCCCCCCCCC. The second-order valence-electron chi connectivity index (χ2n) is 24.9. The van der Waals surface area contributed by atoms with Crippen LogP contribution in [0.3, 0.4) is 0 Å². The van der Waals surface area contributed by atoms with Crippen molar-refractivity contribution < 1.29 is 24.5 Å². The molecule has 0 saturated heterocycles. The van der Waals surface area contributed by atoms with E-state index in [-0.39, 0.29) is 18.5 Å². The lowest BCUT2D eigenvalue weighted by molar-refractivity contribution is -0.143. The molecule has 80 heavy (non-hydrogen) atoms. The molecule has 0 rings (SSSR count). The molecule has 1 amide bonds. The first-order valence-corrected chi connectivity index (χ1v) is 36.2. The van der Waals surface area contributed by atoms with E-state index in [1.807, 2.05) is 0 Å². The Morgan fingerprint density at radius 1 is 0.350 bits per heavy atom. The molecule has 2 atom stereocenters. The van der Waals surface area contributed by atoms with E-state index >= 15 is 0 Å². The van der Waals surface area contributed by atoms with Crippen LogP contribution in [0.15, 0.2) is 36.5 Å². The molecule has 0 aliphatic heterocycles. The molecule has 3 N–H and O–H groups in total. The van der Waals surface area contributed by atoms with Gasteiger partial charge in [0.05, 0.1) is 25.4 Å². The molecular weight excluding hydrogens is 983 g/mol. The van der Waals surface area contributed by atoms with Crippen molar-refractivity contribution in [3.63, 3.8) is 0 Å². The van der Waals surface area contributed by atoms with Gasteiger partial charge >= 0.3 is 5.97 Å². The lowest BCUT2D eigenvalue weighted by Crippen LogP contribution is -2.45. The van der Waals surface area contributed by atoms with Crippen molar-refractivity contribution in [1.29, 1.82) is 0 Å². The van der Waals surface area contributed by atoms with E-state index in [1.165, 1.54) is 315 Å². The third-order valence-corrected chi connectivity index (χ3v) is 16.9. The Balaban J connectivity index is 3.37. The number of carbonyl (C=O) groups is 2. The molecule has 0 aromatic carbocycles. The van der Waals surface area contributed by atoms with Crippen molar-refractivity contribution in [2.45, 2.75) is 411 Å². The van der Waals surface area contributed by atoms with Crippen LogP contribution in [-0.2, 0) is 14.3 Å². The van der Waals surface area contributed by atoms with E-state index < -0.39 is 12.1 Å². The molecule has 0 aromatic rings. The predicted octanol–water partition coefficient (Wildman–Crippen LogP) is 23.5. The highest BCUT2D eigenvalue weighted by molar-refractivity contribution is 5.76. The zero-order valence-electron chi connectivity index (χ0n) is 54.1. The molecular formula is C74H141NO5. The summed E-state index contributed by atoms with van der Waals surface area (Å²) in [6, 6.07) is -0.540. The summed E-state index contributed by atoms with van der Waals surface area (Å²) in [5.41, 5.74) is 0. The maximum Gasteiger partial charge on any atom is 0.305 e. The van der Waals surface area contributed by atoms with Gasteiger partial charge in [-0.1, -0.05) is 339 Å². The van der Waals surface area contributed by atoms with Gasteiger partial charge in [0.25, 0.3) is 0 Å². The average Bonchev–Trinajstić information content (AvgIpc) is 3.46. The molecule has 0 radical (unpaired) electrons. The third kappa shape index (κ3) is 65.2. The van der Waals surface area contributed by atoms with E-state index in [0.717, 1.165) is 51.4 Å². The number of ether oxygens (including phenoxy) is 1. The molecule has 0 aliphatic rings. The highest BCUT2D eigenvalue weighted by Crippen LogP contribution is 2.19. The maximum absolute atomic E-state index is 12.5. The van der Waals surface area contributed by atoms with Gasteiger partial charge in [0, 0.05) is 12.8 Å². The summed E-state index contributed by atoms with van der Waals surface area (Å²) < 4.78 is 5.47. The minimum absolute atomic E-state index is 0.00693. The Morgan fingerprint density at radius 2 is 0.625 bits per heavy atom. The van der Waals surface area contributed by atoms with Gasteiger partial charge in [0.15, 0.2) is 0 Å². The fourth-order valence-electron chi connectivity index (χ4n) is 11.4. The Labute approximate surface area is 500 Å². The monoisotopic (exact) mass is 1120 g/mol. The first-order valence-electron chi connectivity index (χ1n) is 36.2. The highest BCUT2D eigenvalue weighted by Gasteiger charge is 2.20. The average molecular weight is 1120 g/mol. The number of hydrogen-bond donors (Lipinski definition) is 3. The number of hydrogen-bond acceptors (Lipinski definition) is 5. The van der Waals surface area contributed by atoms with Gasteiger partial charge in [0.1, 0.15) is 0 Å². The molecule has 0 aromatic heterocycles. The smallest absolute Gasteiger partial charge is 0.305 e. The zero-order chi connectivity index (χ0) is 57.8. The molecule has 0 heterocycles. The van der Waals surface area contributed by atoms with Crippen LogP contribution < -0.4 is 5.32 Å². The summed E-state index contributed by atoms with van der Waals surface area (Å²) in [7, 11) is 0. The van der Waals surface area contributed by atoms with Crippen molar-refractivity contribution >= 4 is 11.9 Å². The van der Waals surface area contributed by atoms with Gasteiger partial charge in [-0.05, 0) is 83.5 Å². The van der Waals surface area contributed by atoms with Crippen LogP contribution in [0, 0.1) is 0 Å². The van der Waals surface area contributed by atoms with Crippen LogP contribution >= 0.6 is 0 Å². The Kier molecular flexibility index (Phi) is 67.9. The molecule has 0 spiro atoms. The van der Waals surface area contributed by atoms with Crippen LogP contribution in [0.2, 0.25) is 0 Å². The fraction of sp³-hybridized carbons (Fsp3) is 0.892. The van der Waals surface area contributed by atoms with E-state index in [4.69, 9.17) is 4.74 Å². The molecule has 6 heteroatoms. The van der Waals surface area contributed by atoms with Crippen molar-refractivity contribution in [3.05, 3.63) is 36.5 Å². The largest absolute Gasteiger partial charge is 0.466 e. The first kappa shape index (κ1) is 78.1. The number of nitrogens with one attached hydrogen (secondary N) is 1. The number of allylic oxidation sites excluding steroid dienone is 6. The summed E-state index contributed by atoms with van der Waals surface area (Å²) in [6.45, 7) is 4.96. The molecule has 472 valence electrons. The Hall–Kier alpha value is -1.92. The van der Waals surface area contributed by atoms with E-state index in [2.05, 4.69) is 55.6 Å². The predicted molar refractivity (Wildman–Crippen MR) is 352 cm³/mol. The van der Waals surface area contributed by atoms with Crippen molar-refractivity contribution in [2.75, 3.05) is 13.2 Å². The Bertz CT molecular complexity index is 1300. The van der Waals surface area contributed by atoms with E-state index in [9.17, 15) is 19.8 Å². The van der Waals surface area contributed by atoms with Crippen LogP contribution in [0.4, 0.5) is 0 Å². The van der Waals surface area contributed by atoms with Crippen LogP contribution in [-0.4, -0.2) is 47.4 Å². The minimum Gasteiger partial charge on any atom is -0.466 e. The summed E-state index contributed by atoms with van der Waals surface area (Å²) in [5.74, 6) is -0.0226. The summed E-state index contributed by atoms with van der Waals surface area (Å²) in [6.07, 6.45) is 89.2. The fourth-order valence-corrected chi connectivity index (χ4v) is 11.4. The van der Waals surface area contributed by atoms with Crippen molar-refractivity contribution in [1.82, 2.24) is 5.32 Å². The second-order valence-corrected chi connectivity index (χ2v) is 24.9. The molecule has 0 fully saturated rings. The van der Waals surface area contributed by atoms with Crippen LogP contribution in [0.25, 0.3) is 0 Å². The number of unbranched alkanes of at least 4 members (excludes halogenated alkanes) is 51. The molecule has 2 unspecified atom stereocenters. The van der Waals surface area contributed by atoms with Gasteiger partial charge in [0.2, 0.25) is 5.91 Å². The second kappa shape index (κ2) is 69.6. The number of amides is 1. The summed E-state index contributed by atoms with van der Waals surface area (Å²) >= 11 is 0. The maximum atomic E-state index is 12.5. The molecule has 0 bridgehead atoms. The van der Waals surface area contributed by atoms with Gasteiger partial charge in [-0.15, -0.1) is 0 Å². The van der Waals surface area contributed by atoms with Crippen LogP contribution in [0.5, 0.6) is 0 Å². The van der Waals surface area contributed by atoms with Crippen LogP contribution in [0.1, 0.15) is 399 Å². The summed E-state index contributed by atoms with van der Waals surface area (Å²) in [5, 5.41) is 23.4. The first-order chi connectivity index (χ1) is 39.5. The Morgan fingerprint density at radius 3 is 0.988 bits per heavy atom. The normalized spacial score (nSPS) is 12.7. The molecule has 0 saturated carbocycles. The highest BCUT2D eigenvalue weighted by atomic mass is 16.5. The van der Waals surface area contributed by atoms with E-state index in [1.54, 1.807) is 0 Å². The lowest BCUT2D eigenvalue weighted by atomic mass is 10.0. The van der Waals surface area contributed by atoms with Crippen molar-refractivity contribution in [2.24, 2.45) is 0 Å². The summed E-state index contributed by atoms with van der Waals surface area (Å²) in [4.78, 5) is 24.5. The molecule has 6 nitrogen and oxygen atoms in total. The minimum atomic E-state index is -0.663. The van der Waals surface area contributed by atoms with Crippen molar-refractivity contribution in [3.8, 4) is 0 Å². The quantitative estimate of drug-likeness (QED) is 0.0320. The van der Waals surface area contributed by atoms with E-state index in [0.29, 0.717) is 25.9 Å². The van der Waals surface area contributed by atoms with Gasteiger partial charge in [-0.25, -0.2) is 0 Å². The van der Waals surface area contributed by atoms with Gasteiger partial charge in [-0.3, -0.25) is 9.59 Å². The third-order valence-electron chi connectivity index (χ3n) is 16.9. The number of esters is 1. The van der Waals surface area contributed by atoms with Gasteiger partial charge < -0.3 is 20.3 Å². The molecule has 0 aliphatic carbocycles. The number of rotatable bonds is 68.